The minimum Gasteiger partial charge on any atom is -0.378 e. The van der Waals surface area contributed by atoms with Crippen LogP contribution in [-0.2, 0) is 22.5 Å². The third-order valence-electron chi connectivity index (χ3n) is 4.54. The number of amides is 1. The first-order valence-corrected chi connectivity index (χ1v) is 9.98. The number of carbonyl (C=O) groups is 1. The minimum absolute atomic E-state index is 0.0338. The number of nitrogens with zero attached hydrogens (tertiary/aromatic N) is 3. The molecule has 7 heteroatoms. The Morgan fingerprint density at radius 3 is 2.81 bits per heavy atom. The van der Waals surface area contributed by atoms with Crippen molar-refractivity contribution < 1.29 is 9.53 Å². The summed E-state index contributed by atoms with van der Waals surface area (Å²) in [5, 5.41) is 3.97. The highest BCUT2D eigenvalue weighted by Gasteiger charge is 2.12. The lowest BCUT2D eigenvalue weighted by molar-refractivity contribution is -0.121. The van der Waals surface area contributed by atoms with Crippen molar-refractivity contribution in [1.29, 1.82) is 0 Å². The maximum Gasteiger partial charge on any atom is 0.220 e. The van der Waals surface area contributed by atoms with Crippen LogP contribution < -0.4 is 10.2 Å². The quantitative estimate of drug-likeness (QED) is 0.710. The van der Waals surface area contributed by atoms with Gasteiger partial charge in [-0.25, -0.2) is 9.97 Å². The molecule has 1 saturated heterocycles. The van der Waals surface area contributed by atoms with Crippen molar-refractivity contribution in [2.75, 3.05) is 31.2 Å². The summed E-state index contributed by atoms with van der Waals surface area (Å²) in [5.41, 5.74) is 2.00. The molecule has 0 spiro atoms. The van der Waals surface area contributed by atoms with Crippen LogP contribution in [0.15, 0.2) is 42.6 Å². The van der Waals surface area contributed by atoms with Gasteiger partial charge in [-0.2, -0.15) is 0 Å². The van der Waals surface area contributed by atoms with Gasteiger partial charge in [-0.05, 0) is 23.8 Å². The molecule has 3 aromatic rings. The molecule has 4 rings (SSSR count). The largest absolute Gasteiger partial charge is 0.378 e. The molecular weight excluding hydrogens is 360 g/mol. The number of aryl methyl sites for hydroxylation is 1. The van der Waals surface area contributed by atoms with E-state index in [1.54, 1.807) is 11.3 Å². The number of hydrogen-bond acceptors (Lipinski definition) is 6. The average molecular weight is 382 g/mol. The van der Waals surface area contributed by atoms with Gasteiger partial charge in [0.15, 0.2) is 0 Å². The van der Waals surface area contributed by atoms with E-state index in [0.29, 0.717) is 19.4 Å². The molecule has 140 valence electrons. The van der Waals surface area contributed by atoms with E-state index in [1.165, 1.54) is 4.70 Å². The molecule has 0 bridgehead atoms. The predicted molar refractivity (Wildman–Crippen MR) is 107 cm³/mol. The highest BCUT2D eigenvalue weighted by atomic mass is 32.1. The monoisotopic (exact) mass is 382 g/mol. The van der Waals surface area contributed by atoms with Crippen molar-refractivity contribution in [3.05, 3.63) is 53.2 Å². The topological polar surface area (TPSA) is 67.4 Å². The molecule has 1 aliphatic rings. The number of aromatic nitrogens is 2. The van der Waals surface area contributed by atoms with Gasteiger partial charge >= 0.3 is 0 Å². The number of benzene rings is 1. The first kappa shape index (κ1) is 17.9. The minimum atomic E-state index is 0.0338. The smallest absolute Gasteiger partial charge is 0.220 e. The maximum absolute atomic E-state index is 12.1. The summed E-state index contributed by atoms with van der Waals surface area (Å²) >= 11 is 1.65. The number of morpholine rings is 1. The summed E-state index contributed by atoms with van der Waals surface area (Å²) in [6, 6.07) is 12.1. The van der Waals surface area contributed by atoms with Crippen LogP contribution in [0, 0.1) is 0 Å². The summed E-state index contributed by atoms with van der Waals surface area (Å²) in [5.74, 6) is 0.996. The van der Waals surface area contributed by atoms with Gasteiger partial charge in [-0.1, -0.05) is 18.2 Å². The summed E-state index contributed by atoms with van der Waals surface area (Å²) < 4.78 is 6.53. The van der Waals surface area contributed by atoms with Crippen molar-refractivity contribution >= 4 is 33.3 Å². The Labute approximate surface area is 162 Å². The second kappa shape index (κ2) is 8.45. The maximum atomic E-state index is 12.1. The van der Waals surface area contributed by atoms with Crippen molar-refractivity contribution in [2.45, 2.75) is 19.4 Å². The van der Waals surface area contributed by atoms with Gasteiger partial charge in [0.1, 0.15) is 5.82 Å². The highest BCUT2D eigenvalue weighted by molar-refractivity contribution is 7.18. The number of hydrogen-bond donors (Lipinski definition) is 1. The summed E-state index contributed by atoms with van der Waals surface area (Å²) in [6.45, 7) is 3.72. The molecule has 1 fully saturated rings. The molecular formula is C20H22N4O2S. The number of ether oxygens (including phenoxy) is 1. The van der Waals surface area contributed by atoms with Crippen molar-refractivity contribution in [2.24, 2.45) is 0 Å². The van der Waals surface area contributed by atoms with E-state index >= 15 is 0 Å². The number of carbonyl (C=O) groups excluding carboxylic acids is 1. The predicted octanol–water partition coefficient (Wildman–Crippen LogP) is 2.78. The molecule has 1 amide bonds. The summed E-state index contributed by atoms with van der Waals surface area (Å²) in [7, 11) is 0. The zero-order valence-corrected chi connectivity index (χ0v) is 15.9. The van der Waals surface area contributed by atoms with Gasteiger partial charge in [0.25, 0.3) is 0 Å². The van der Waals surface area contributed by atoms with Gasteiger partial charge in [-0.15, -0.1) is 11.3 Å². The molecule has 0 atom stereocenters. The lowest BCUT2D eigenvalue weighted by Gasteiger charge is -2.27. The fraction of sp³-hybridized carbons (Fsp3) is 0.350. The molecule has 0 radical (unpaired) electrons. The molecule has 0 saturated carbocycles. The van der Waals surface area contributed by atoms with Crippen LogP contribution in [-0.4, -0.2) is 42.2 Å². The number of anilines is 1. The molecule has 1 aliphatic heterocycles. The summed E-state index contributed by atoms with van der Waals surface area (Å²) in [4.78, 5) is 23.4. The zero-order valence-electron chi connectivity index (χ0n) is 15.1. The number of para-hydroxylation sites is 1. The zero-order chi connectivity index (χ0) is 18.5. The van der Waals surface area contributed by atoms with Gasteiger partial charge in [0.05, 0.1) is 28.4 Å². The van der Waals surface area contributed by atoms with Gasteiger partial charge in [0.2, 0.25) is 5.91 Å². The van der Waals surface area contributed by atoms with Crippen LogP contribution >= 0.6 is 11.3 Å². The Balaban J connectivity index is 1.25. The highest BCUT2D eigenvalue weighted by Crippen LogP contribution is 2.22. The molecule has 27 heavy (non-hydrogen) atoms. The standard InChI is InChI=1S/C20H22N4O2S/c25-19(7-8-20-23-16-3-1-2-4-17(16)27-20)22-14-15-5-6-18(21-13-15)24-9-11-26-12-10-24/h1-6,13H,7-12,14H2,(H,22,25). The Kier molecular flexibility index (Phi) is 5.60. The van der Waals surface area contributed by atoms with Gasteiger partial charge in [-0.3, -0.25) is 4.79 Å². The van der Waals surface area contributed by atoms with Gasteiger partial charge < -0.3 is 15.0 Å². The van der Waals surface area contributed by atoms with Crippen molar-refractivity contribution in [3.8, 4) is 0 Å². The second-order valence-corrected chi connectivity index (χ2v) is 7.59. The van der Waals surface area contributed by atoms with Crippen LogP contribution in [0.1, 0.15) is 17.0 Å². The van der Waals surface area contributed by atoms with E-state index in [4.69, 9.17) is 4.74 Å². The van der Waals surface area contributed by atoms with E-state index < -0.39 is 0 Å². The average Bonchev–Trinajstić information content (AvgIpc) is 3.15. The van der Waals surface area contributed by atoms with Crippen LogP contribution in [0.4, 0.5) is 5.82 Å². The normalized spacial score (nSPS) is 14.4. The van der Waals surface area contributed by atoms with E-state index in [2.05, 4.69) is 26.3 Å². The van der Waals surface area contributed by atoms with E-state index in [-0.39, 0.29) is 5.91 Å². The van der Waals surface area contributed by atoms with Gasteiger partial charge in [0, 0.05) is 38.7 Å². The Hall–Kier alpha value is -2.51. The molecule has 1 aromatic carbocycles. The number of fused-ring (bicyclic) bond motifs is 1. The Morgan fingerprint density at radius 2 is 2.04 bits per heavy atom. The SMILES string of the molecule is O=C(CCc1nc2ccccc2s1)NCc1ccc(N2CCOCC2)nc1. The summed E-state index contributed by atoms with van der Waals surface area (Å²) in [6.07, 6.45) is 2.94. The van der Waals surface area contributed by atoms with E-state index in [0.717, 1.165) is 48.2 Å². The lowest BCUT2D eigenvalue weighted by Crippen LogP contribution is -2.36. The van der Waals surface area contributed by atoms with Crippen molar-refractivity contribution in [3.63, 3.8) is 0 Å². The molecule has 6 nitrogen and oxygen atoms in total. The first-order valence-electron chi connectivity index (χ1n) is 9.17. The van der Waals surface area contributed by atoms with Crippen LogP contribution in [0.5, 0.6) is 0 Å². The first-order chi connectivity index (χ1) is 13.3. The second-order valence-electron chi connectivity index (χ2n) is 6.48. The van der Waals surface area contributed by atoms with Crippen LogP contribution in [0.25, 0.3) is 10.2 Å². The number of thiazole rings is 1. The van der Waals surface area contributed by atoms with Crippen molar-refractivity contribution in [1.82, 2.24) is 15.3 Å². The van der Waals surface area contributed by atoms with Crippen LogP contribution in [0.2, 0.25) is 0 Å². The number of pyridine rings is 1. The fourth-order valence-corrected chi connectivity index (χ4v) is 4.00. The Bertz CT molecular complexity index is 871. The third-order valence-corrected chi connectivity index (χ3v) is 5.63. The molecule has 1 N–H and O–H groups in total. The third kappa shape index (κ3) is 4.61. The van der Waals surface area contributed by atoms with Crippen LogP contribution in [0.3, 0.4) is 0 Å². The molecule has 3 heterocycles. The number of nitrogens with one attached hydrogen (secondary N) is 1. The molecule has 2 aromatic heterocycles. The van der Waals surface area contributed by atoms with E-state index in [1.807, 2.05) is 36.5 Å². The van der Waals surface area contributed by atoms with E-state index in [9.17, 15) is 4.79 Å². The lowest BCUT2D eigenvalue weighted by atomic mass is 10.2. The number of rotatable bonds is 6. The molecule has 0 unspecified atom stereocenters. The molecule has 0 aliphatic carbocycles. The fourth-order valence-electron chi connectivity index (χ4n) is 3.04. The Morgan fingerprint density at radius 1 is 1.19 bits per heavy atom.